The SMILES string of the molecule is CCCC/C=C\CCCCCCCC(=O)OCC(COC(=O)CCCCCCCCCCCCCCCCCCCCC)OC(=O)CCCCCCC/C=C\C/C=C\CCCCCC. The summed E-state index contributed by atoms with van der Waals surface area (Å²) in [5, 5.41) is 0. The van der Waals surface area contributed by atoms with Crippen LogP contribution in [0.3, 0.4) is 0 Å². The maximum Gasteiger partial charge on any atom is 0.306 e. The average Bonchev–Trinajstić information content (AvgIpc) is 3.29. The van der Waals surface area contributed by atoms with Gasteiger partial charge < -0.3 is 14.2 Å². The minimum absolute atomic E-state index is 0.0772. The van der Waals surface area contributed by atoms with Crippen LogP contribution in [0.5, 0.6) is 0 Å². The standard InChI is InChI=1S/C58H106O6/c1-4-7-10-13-16-19-22-24-26-28-29-30-32-33-36-39-42-45-48-51-57(60)63-54-55(53-62-56(59)50-47-44-41-38-35-21-18-15-12-9-6-3)64-58(61)52-49-46-43-40-37-34-31-27-25-23-20-17-14-11-8-5-2/h15,18,20,23,27,31,55H,4-14,16-17,19,21-22,24-26,28-30,32-54H2,1-3H3/b18-15-,23-20-,31-27-. The van der Waals surface area contributed by atoms with Crippen molar-refractivity contribution in [2.45, 2.75) is 303 Å². The molecule has 0 radical (unpaired) electrons. The largest absolute Gasteiger partial charge is 0.462 e. The normalized spacial score (nSPS) is 12.2. The van der Waals surface area contributed by atoms with Gasteiger partial charge in [-0.15, -0.1) is 0 Å². The molecule has 0 bridgehead atoms. The first-order chi connectivity index (χ1) is 31.5. The zero-order chi connectivity index (χ0) is 46.5. The fourth-order valence-corrected chi connectivity index (χ4v) is 8.10. The molecule has 374 valence electrons. The minimum atomic E-state index is -0.779. The molecule has 0 N–H and O–H groups in total. The van der Waals surface area contributed by atoms with Gasteiger partial charge >= 0.3 is 17.9 Å². The van der Waals surface area contributed by atoms with Crippen LogP contribution in [0.4, 0.5) is 0 Å². The molecule has 0 amide bonds. The van der Waals surface area contributed by atoms with E-state index in [9.17, 15) is 14.4 Å². The fraction of sp³-hybridized carbons (Fsp3) is 0.845. The molecule has 0 aromatic heterocycles. The van der Waals surface area contributed by atoms with E-state index >= 15 is 0 Å². The first kappa shape index (κ1) is 61.6. The molecule has 0 aliphatic carbocycles. The highest BCUT2D eigenvalue weighted by Crippen LogP contribution is 2.16. The molecule has 0 heterocycles. The van der Waals surface area contributed by atoms with E-state index in [4.69, 9.17) is 14.2 Å². The molecule has 1 unspecified atom stereocenters. The van der Waals surface area contributed by atoms with Crippen LogP contribution in [0.1, 0.15) is 297 Å². The molecule has 0 aliphatic heterocycles. The average molecular weight is 899 g/mol. The van der Waals surface area contributed by atoms with Crippen LogP contribution in [0.25, 0.3) is 0 Å². The van der Waals surface area contributed by atoms with Crippen molar-refractivity contribution in [3.8, 4) is 0 Å². The summed E-state index contributed by atoms with van der Waals surface area (Å²) in [5.74, 6) is -0.887. The highest BCUT2D eigenvalue weighted by atomic mass is 16.6. The molecule has 0 saturated heterocycles. The van der Waals surface area contributed by atoms with Crippen LogP contribution in [0.15, 0.2) is 36.5 Å². The highest BCUT2D eigenvalue weighted by Gasteiger charge is 2.19. The minimum Gasteiger partial charge on any atom is -0.462 e. The smallest absolute Gasteiger partial charge is 0.306 e. The molecule has 0 aromatic rings. The van der Waals surface area contributed by atoms with Gasteiger partial charge in [0.1, 0.15) is 13.2 Å². The van der Waals surface area contributed by atoms with E-state index < -0.39 is 6.10 Å². The number of carbonyl (C=O) groups is 3. The van der Waals surface area contributed by atoms with Crippen LogP contribution in [0, 0.1) is 0 Å². The molecular weight excluding hydrogens is 793 g/mol. The summed E-state index contributed by atoms with van der Waals surface area (Å²) in [6.45, 7) is 6.60. The van der Waals surface area contributed by atoms with Crippen LogP contribution < -0.4 is 0 Å². The zero-order valence-electron chi connectivity index (χ0n) is 42.8. The Kier molecular flexibility index (Phi) is 51.3. The van der Waals surface area contributed by atoms with Gasteiger partial charge in [0, 0.05) is 19.3 Å². The summed E-state index contributed by atoms with van der Waals surface area (Å²) >= 11 is 0. The monoisotopic (exact) mass is 899 g/mol. The number of allylic oxidation sites excluding steroid dienone is 6. The molecule has 6 heteroatoms. The van der Waals surface area contributed by atoms with E-state index in [-0.39, 0.29) is 31.1 Å². The maximum absolute atomic E-state index is 12.8. The molecule has 0 saturated carbocycles. The Labute approximate surface area is 397 Å². The summed E-state index contributed by atoms with van der Waals surface area (Å²) in [6, 6.07) is 0. The number of rotatable bonds is 51. The van der Waals surface area contributed by atoms with E-state index in [0.717, 1.165) is 89.9 Å². The van der Waals surface area contributed by atoms with E-state index in [1.807, 2.05) is 0 Å². The van der Waals surface area contributed by atoms with Crippen molar-refractivity contribution in [2.24, 2.45) is 0 Å². The summed E-state index contributed by atoms with van der Waals surface area (Å²) in [5.41, 5.74) is 0. The number of ether oxygens (including phenoxy) is 3. The molecular formula is C58H106O6. The summed E-state index contributed by atoms with van der Waals surface area (Å²) < 4.78 is 16.8. The summed E-state index contributed by atoms with van der Waals surface area (Å²) in [6.07, 6.45) is 62.8. The van der Waals surface area contributed by atoms with Crippen LogP contribution in [-0.2, 0) is 28.6 Å². The Morgan fingerprint density at radius 1 is 0.312 bits per heavy atom. The fourth-order valence-electron chi connectivity index (χ4n) is 8.10. The molecule has 1 atom stereocenters. The Bertz CT molecular complexity index is 1080. The zero-order valence-corrected chi connectivity index (χ0v) is 42.8. The molecule has 0 aliphatic rings. The molecule has 6 nitrogen and oxygen atoms in total. The molecule has 0 aromatic carbocycles. The Balaban J connectivity index is 4.31. The first-order valence-corrected chi connectivity index (χ1v) is 28.0. The van der Waals surface area contributed by atoms with Gasteiger partial charge in [0.2, 0.25) is 0 Å². The van der Waals surface area contributed by atoms with Crippen molar-refractivity contribution in [1.29, 1.82) is 0 Å². The molecule has 0 rings (SSSR count). The second kappa shape index (κ2) is 53.2. The Morgan fingerprint density at radius 2 is 0.578 bits per heavy atom. The second-order valence-electron chi connectivity index (χ2n) is 18.8. The molecule has 64 heavy (non-hydrogen) atoms. The van der Waals surface area contributed by atoms with Crippen molar-refractivity contribution in [3.63, 3.8) is 0 Å². The highest BCUT2D eigenvalue weighted by molar-refractivity contribution is 5.71. The van der Waals surface area contributed by atoms with E-state index in [1.54, 1.807) is 0 Å². The summed E-state index contributed by atoms with van der Waals surface area (Å²) in [7, 11) is 0. The van der Waals surface area contributed by atoms with Crippen molar-refractivity contribution in [1.82, 2.24) is 0 Å². The first-order valence-electron chi connectivity index (χ1n) is 28.0. The lowest BCUT2D eigenvalue weighted by Gasteiger charge is -2.18. The predicted molar refractivity (Wildman–Crippen MR) is 275 cm³/mol. The maximum atomic E-state index is 12.8. The number of carbonyl (C=O) groups excluding carboxylic acids is 3. The predicted octanol–water partition coefficient (Wildman–Crippen LogP) is 18.5. The van der Waals surface area contributed by atoms with Gasteiger partial charge in [-0.3, -0.25) is 14.4 Å². The lowest BCUT2D eigenvalue weighted by Crippen LogP contribution is -2.30. The van der Waals surface area contributed by atoms with Crippen LogP contribution >= 0.6 is 0 Å². The van der Waals surface area contributed by atoms with Crippen molar-refractivity contribution < 1.29 is 28.6 Å². The topological polar surface area (TPSA) is 78.9 Å². The molecule has 0 spiro atoms. The molecule has 0 fully saturated rings. The van der Waals surface area contributed by atoms with Gasteiger partial charge in [-0.05, 0) is 70.6 Å². The van der Waals surface area contributed by atoms with Crippen molar-refractivity contribution >= 4 is 17.9 Å². The Hall–Kier alpha value is -2.37. The van der Waals surface area contributed by atoms with E-state index in [2.05, 4.69) is 57.2 Å². The van der Waals surface area contributed by atoms with Gasteiger partial charge in [-0.25, -0.2) is 0 Å². The number of hydrogen-bond acceptors (Lipinski definition) is 6. The number of hydrogen-bond donors (Lipinski definition) is 0. The Morgan fingerprint density at radius 3 is 0.938 bits per heavy atom. The third-order valence-corrected chi connectivity index (χ3v) is 12.4. The third-order valence-electron chi connectivity index (χ3n) is 12.4. The van der Waals surface area contributed by atoms with E-state index in [0.29, 0.717) is 19.3 Å². The summed E-state index contributed by atoms with van der Waals surface area (Å²) in [4.78, 5) is 38.0. The third kappa shape index (κ3) is 50.6. The van der Waals surface area contributed by atoms with Crippen LogP contribution in [-0.4, -0.2) is 37.2 Å². The lowest BCUT2D eigenvalue weighted by atomic mass is 10.0. The van der Waals surface area contributed by atoms with Crippen molar-refractivity contribution in [2.75, 3.05) is 13.2 Å². The van der Waals surface area contributed by atoms with Crippen LogP contribution in [0.2, 0.25) is 0 Å². The van der Waals surface area contributed by atoms with Gasteiger partial charge in [0.05, 0.1) is 0 Å². The van der Waals surface area contributed by atoms with Gasteiger partial charge in [0.15, 0.2) is 6.10 Å². The quantitative estimate of drug-likeness (QED) is 0.0262. The lowest BCUT2D eigenvalue weighted by molar-refractivity contribution is -0.167. The van der Waals surface area contributed by atoms with Gasteiger partial charge in [0.25, 0.3) is 0 Å². The number of unbranched alkanes of at least 4 members (excludes halogenated alkanes) is 34. The second-order valence-corrected chi connectivity index (χ2v) is 18.8. The van der Waals surface area contributed by atoms with Gasteiger partial charge in [-0.2, -0.15) is 0 Å². The van der Waals surface area contributed by atoms with E-state index in [1.165, 1.54) is 167 Å². The van der Waals surface area contributed by atoms with Crippen molar-refractivity contribution in [3.05, 3.63) is 36.5 Å². The van der Waals surface area contributed by atoms with Gasteiger partial charge in [-0.1, -0.05) is 243 Å². The number of esters is 3.